The largest absolute Gasteiger partial charge is 0.507 e. The second kappa shape index (κ2) is 11.3. The molecule has 1 aromatic heterocycles. The lowest BCUT2D eigenvalue weighted by molar-refractivity contribution is -0.147. The lowest BCUT2D eigenvalue weighted by Gasteiger charge is -2.27. The predicted octanol–water partition coefficient (Wildman–Crippen LogP) is 1.56. The smallest absolute Gasteiger partial charge is 0.326 e. The molecule has 0 bridgehead atoms. The summed E-state index contributed by atoms with van der Waals surface area (Å²) in [5, 5.41) is 55.9. The van der Waals surface area contributed by atoms with E-state index in [2.05, 4.69) is 15.3 Å². The SMILES string of the molecule is CC(C)(C(=O)NC(CC(=O)O)C(=O)O)c1cc(-c2nc3ccc(C(=N)N)cc3[nH]2)c(O)c(-c2cc(S(N)(=O)=O)ccc2O)c1. The van der Waals surface area contributed by atoms with Gasteiger partial charge in [-0.05, 0) is 67.9 Å². The van der Waals surface area contributed by atoms with Crippen LogP contribution in [0.4, 0.5) is 0 Å². The molecule has 11 N–H and O–H groups in total. The number of amides is 1. The molecule has 0 aliphatic rings. The van der Waals surface area contributed by atoms with Gasteiger partial charge in [-0.25, -0.2) is 23.3 Å². The van der Waals surface area contributed by atoms with E-state index in [0.717, 1.165) is 18.2 Å². The van der Waals surface area contributed by atoms with Crippen molar-refractivity contribution in [1.82, 2.24) is 15.3 Å². The lowest BCUT2D eigenvalue weighted by Crippen LogP contribution is -2.49. The molecule has 0 saturated carbocycles. The van der Waals surface area contributed by atoms with E-state index in [1.165, 1.54) is 26.0 Å². The van der Waals surface area contributed by atoms with Crippen molar-refractivity contribution in [2.24, 2.45) is 10.9 Å². The van der Waals surface area contributed by atoms with E-state index >= 15 is 0 Å². The number of H-pyrrole nitrogens is 1. The Hall–Kier alpha value is -5.48. The number of fused-ring (bicyclic) bond motifs is 1. The van der Waals surface area contributed by atoms with Gasteiger partial charge in [0.1, 0.15) is 29.2 Å². The second-order valence-electron chi connectivity index (χ2n) is 10.5. The molecular weight excluding hydrogens is 596 g/mol. The average molecular weight is 625 g/mol. The Morgan fingerprint density at radius 1 is 1.02 bits per heavy atom. The highest BCUT2D eigenvalue weighted by molar-refractivity contribution is 7.89. The van der Waals surface area contributed by atoms with Gasteiger partial charge in [-0.3, -0.25) is 15.0 Å². The van der Waals surface area contributed by atoms with Gasteiger partial charge in [0.2, 0.25) is 15.9 Å². The number of imidazole rings is 1. The number of phenols is 2. The number of hydrogen-bond acceptors (Lipinski definition) is 9. The molecule has 0 aliphatic heterocycles. The molecule has 1 amide bonds. The maximum atomic E-state index is 13.4. The quantitative estimate of drug-likeness (QED) is 0.0901. The van der Waals surface area contributed by atoms with Gasteiger partial charge in [0.05, 0.1) is 33.3 Å². The van der Waals surface area contributed by atoms with Gasteiger partial charge >= 0.3 is 11.9 Å². The fraction of sp³-hybridized carbons (Fsp3) is 0.179. The number of sulfonamides is 1. The number of carbonyl (C=O) groups is 3. The number of phenolic OH excluding ortho intramolecular Hbond substituents is 2. The Labute approximate surface area is 249 Å². The number of benzene rings is 3. The topological polar surface area (TPSA) is 283 Å². The van der Waals surface area contributed by atoms with Gasteiger partial charge in [-0.1, -0.05) is 0 Å². The first-order chi connectivity index (χ1) is 20.4. The monoisotopic (exact) mass is 624 g/mol. The molecule has 1 heterocycles. The van der Waals surface area contributed by atoms with Crippen LogP contribution in [0.2, 0.25) is 0 Å². The summed E-state index contributed by atoms with van der Waals surface area (Å²) in [7, 11) is -4.24. The number of nitrogens with zero attached hydrogens (tertiary/aromatic N) is 1. The van der Waals surface area contributed by atoms with Crippen molar-refractivity contribution in [2.75, 3.05) is 0 Å². The predicted molar refractivity (Wildman–Crippen MR) is 158 cm³/mol. The number of nitrogens with two attached hydrogens (primary N) is 2. The van der Waals surface area contributed by atoms with Gasteiger partial charge in [0, 0.05) is 16.7 Å². The Kier molecular flexibility index (Phi) is 8.08. The molecule has 230 valence electrons. The normalized spacial score (nSPS) is 12.5. The van der Waals surface area contributed by atoms with Crippen molar-refractivity contribution in [3.05, 3.63) is 59.7 Å². The molecule has 0 spiro atoms. The van der Waals surface area contributed by atoms with Crippen LogP contribution in [0.1, 0.15) is 31.4 Å². The number of carboxylic acid groups (broad SMARTS) is 2. The number of carboxylic acids is 2. The molecule has 1 unspecified atom stereocenters. The molecule has 44 heavy (non-hydrogen) atoms. The third kappa shape index (κ3) is 6.16. The number of nitrogens with one attached hydrogen (secondary N) is 3. The van der Waals surface area contributed by atoms with Gasteiger partial charge in [0.25, 0.3) is 0 Å². The number of amidine groups is 1. The van der Waals surface area contributed by atoms with Crippen molar-refractivity contribution >= 4 is 44.7 Å². The van der Waals surface area contributed by atoms with Crippen LogP contribution in [-0.4, -0.2) is 68.5 Å². The Balaban J connectivity index is 1.97. The number of aromatic amines is 1. The number of nitrogen functional groups attached to an aromatic ring is 1. The van der Waals surface area contributed by atoms with E-state index < -0.39 is 57.2 Å². The van der Waals surface area contributed by atoms with Gasteiger partial charge < -0.3 is 36.5 Å². The van der Waals surface area contributed by atoms with Crippen LogP contribution in [0.15, 0.2) is 53.4 Å². The van der Waals surface area contributed by atoms with E-state index in [1.807, 2.05) is 0 Å². The molecule has 15 nitrogen and oxygen atoms in total. The maximum absolute atomic E-state index is 13.4. The Morgan fingerprint density at radius 2 is 1.68 bits per heavy atom. The average Bonchev–Trinajstić information content (AvgIpc) is 3.35. The van der Waals surface area contributed by atoms with Gasteiger partial charge in [0.15, 0.2) is 0 Å². The number of carbonyl (C=O) groups excluding carboxylic acids is 1. The fourth-order valence-electron chi connectivity index (χ4n) is 4.44. The molecule has 1 atom stereocenters. The zero-order valence-electron chi connectivity index (χ0n) is 23.2. The molecule has 4 rings (SSSR count). The van der Waals surface area contributed by atoms with Crippen LogP contribution < -0.4 is 16.2 Å². The van der Waals surface area contributed by atoms with E-state index in [4.69, 9.17) is 21.4 Å². The first-order valence-electron chi connectivity index (χ1n) is 12.7. The van der Waals surface area contributed by atoms with Crippen LogP contribution >= 0.6 is 0 Å². The minimum atomic E-state index is -4.24. The van der Waals surface area contributed by atoms with Crippen LogP contribution in [-0.2, 0) is 29.8 Å². The summed E-state index contributed by atoms with van der Waals surface area (Å²) in [6, 6.07) is 8.80. The summed E-state index contributed by atoms with van der Waals surface area (Å²) >= 11 is 0. The minimum absolute atomic E-state index is 0.000297. The van der Waals surface area contributed by atoms with Crippen molar-refractivity contribution in [3.63, 3.8) is 0 Å². The second-order valence-corrected chi connectivity index (χ2v) is 12.0. The van der Waals surface area contributed by atoms with Gasteiger partial charge in [-0.2, -0.15) is 0 Å². The summed E-state index contributed by atoms with van der Waals surface area (Å²) in [6.45, 7) is 2.83. The van der Waals surface area contributed by atoms with E-state index in [1.54, 1.807) is 18.2 Å². The number of aliphatic carboxylic acids is 2. The molecule has 0 saturated heterocycles. The third-order valence-corrected chi connectivity index (χ3v) is 7.93. The zero-order chi connectivity index (χ0) is 32.7. The van der Waals surface area contributed by atoms with Crippen LogP contribution in [0.3, 0.4) is 0 Å². The number of rotatable bonds is 10. The number of aromatic hydroxyl groups is 2. The van der Waals surface area contributed by atoms with E-state index in [-0.39, 0.29) is 38.8 Å². The summed E-state index contributed by atoms with van der Waals surface area (Å²) in [5.74, 6) is -4.95. The first-order valence-corrected chi connectivity index (χ1v) is 14.3. The Bertz CT molecular complexity index is 1970. The number of hydrogen-bond donors (Lipinski definition) is 9. The molecule has 0 fully saturated rings. The van der Waals surface area contributed by atoms with Crippen LogP contribution in [0.5, 0.6) is 11.5 Å². The van der Waals surface area contributed by atoms with Crippen molar-refractivity contribution in [2.45, 2.75) is 36.6 Å². The summed E-state index contributed by atoms with van der Waals surface area (Å²) in [5.41, 5.74) is 5.09. The fourth-order valence-corrected chi connectivity index (χ4v) is 4.98. The minimum Gasteiger partial charge on any atom is -0.507 e. The first kappa shape index (κ1) is 31.5. The van der Waals surface area contributed by atoms with Crippen LogP contribution in [0.25, 0.3) is 33.5 Å². The lowest BCUT2D eigenvalue weighted by atomic mass is 9.80. The maximum Gasteiger partial charge on any atom is 0.326 e. The molecule has 16 heteroatoms. The van der Waals surface area contributed by atoms with Crippen molar-refractivity contribution in [1.29, 1.82) is 5.41 Å². The molecule has 3 aromatic carbocycles. The summed E-state index contributed by atoms with van der Waals surface area (Å²) in [6.07, 6.45) is -0.890. The standard InChI is InChI=1S/C28H28N6O9S/c1-28(2,27(41)34-20(26(39)40)11-22(36)37)13-8-16(15-10-14(44(31,42)43)4-6-21(15)35)23(38)17(9-13)25-32-18-5-3-12(24(29)30)7-19(18)33-25/h3-10,20,35,38H,11H2,1-2H3,(H3,29,30)(H,32,33)(H,34,41)(H,36,37)(H,39,40)(H2,31,42,43). The number of aromatic nitrogens is 2. The molecular formula is C28H28N6O9S. The van der Waals surface area contributed by atoms with Crippen LogP contribution in [0, 0.1) is 5.41 Å². The molecule has 4 aromatic rings. The summed E-state index contributed by atoms with van der Waals surface area (Å²) in [4.78, 5) is 43.3. The highest BCUT2D eigenvalue weighted by Gasteiger charge is 2.35. The summed E-state index contributed by atoms with van der Waals surface area (Å²) < 4.78 is 24.2. The van der Waals surface area contributed by atoms with Crippen molar-refractivity contribution < 1.29 is 43.2 Å². The molecule has 0 aliphatic carbocycles. The van der Waals surface area contributed by atoms with Gasteiger partial charge in [-0.15, -0.1) is 0 Å². The molecule has 0 radical (unpaired) electrons. The third-order valence-electron chi connectivity index (χ3n) is 7.02. The van der Waals surface area contributed by atoms with Crippen molar-refractivity contribution in [3.8, 4) is 34.0 Å². The number of primary sulfonamides is 1. The van der Waals surface area contributed by atoms with E-state index in [9.17, 15) is 38.1 Å². The highest BCUT2D eigenvalue weighted by Crippen LogP contribution is 2.44. The Morgan fingerprint density at radius 3 is 2.27 bits per heavy atom. The zero-order valence-corrected chi connectivity index (χ0v) is 24.1. The highest BCUT2D eigenvalue weighted by atomic mass is 32.2. The van der Waals surface area contributed by atoms with E-state index in [0.29, 0.717) is 16.6 Å².